The van der Waals surface area contributed by atoms with Crippen LogP contribution in [0.1, 0.15) is 30.9 Å². The summed E-state index contributed by atoms with van der Waals surface area (Å²) in [4.78, 5) is 12.1. The van der Waals surface area contributed by atoms with Gasteiger partial charge in [-0.1, -0.05) is 54.1 Å². The number of carbonyl (C=O) groups excluding carboxylic acids is 1. The molecule has 1 atom stereocenters. The summed E-state index contributed by atoms with van der Waals surface area (Å²) < 4.78 is 0. The van der Waals surface area contributed by atoms with Crippen molar-refractivity contribution in [3.8, 4) is 0 Å². The molecule has 0 fully saturated rings. The molecular formula is C20H18O. The van der Waals surface area contributed by atoms with Gasteiger partial charge in [0.15, 0.2) is 0 Å². The zero-order valence-corrected chi connectivity index (χ0v) is 12.2. The molecule has 0 radical (unpaired) electrons. The number of allylic oxidation sites excluding steroid dienone is 4. The molecule has 0 spiro atoms. The Morgan fingerprint density at radius 1 is 1.14 bits per heavy atom. The van der Waals surface area contributed by atoms with Crippen molar-refractivity contribution in [3.05, 3.63) is 65.3 Å². The average molecular weight is 274 g/mol. The van der Waals surface area contributed by atoms with Crippen LogP contribution < -0.4 is 0 Å². The second-order valence-electron chi connectivity index (χ2n) is 6.06. The van der Waals surface area contributed by atoms with Crippen LogP contribution in [0.5, 0.6) is 0 Å². The minimum absolute atomic E-state index is 0.0725. The summed E-state index contributed by atoms with van der Waals surface area (Å²) in [5.41, 5.74) is 5.33. The van der Waals surface area contributed by atoms with E-state index in [0.29, 0.717) is 5.78 Å². The van der Waals surface area contributed by atoms with E-state index in [9.17, 15) is 4.79 Å². The largest absolute Gasteiger partial charge is 0.299 e. The summed E-state index contributed by atoms with van der Waals surface area (Å²) in [5.74, 6) is 0.375. The maximum Gasteiger partial charge on any atom is 0.137 e. The first-order chi connectivity index (χ1) is 10.3. The molecule has 0 N–H and O–H groups in total. The molecule has 2 aliphatic rings. The molecule has 1 heteroatoms. The highest BCUT2D eigenvalue weighted by atomic mass is 16.1. The third-order valence-electron chi connectivity index (χ3n) is 4.86. The van der Waals surface area contributed by atoms with Crippen LogP contribution in [-0.4, -0.2) is 5.78 Å². The Labute approximate surface area is 125 Å². The van der Waals surface area contributed by atoms with Gasteiger partial charge in [-0.2, -0.15) is 0 Å². The Kier molecular flexibility index (Phi) is 2.81. The molecule has 0 bridgehead atoms. The van der Waals surface area contributed by atoms with Crippen molar-refractivity contribution in [2.75, 3.05) is 0 Å². The van der Waals surface area contributed by atoms with Crippen LogP contribution in [0.15, 0.2) is 54.1 Å². The van der Waals surface area contributed by atoms with Gasteiger partial charge in [0, 0.05) is 5.92 Å². The summed E-state index contributed by atoms with van der Waals surface area (Å²) >= 11 is 0. The number of rotatable bonds is 1. The molecule has 0 saturated heterocycles. The fourth-order valence-corrected chi connectivity index (χ4v) is 3.83. The highest BCUT2D eigenvalue weighted by Crippen LogP contribution is 2.42. The van der Waals surface area contributed by atoms with Gasteiger partial charge in [0.1, 0.15) is 5.78 Å². The van der Waals surface area contributed by atoms with Crippen LogP contribution in [0.2, 0.25) is 0 Å². The average Bonchev–Trinajstić information content (AvgIpc) is 2.53. The van der Waals surface area contributed by atoms with E-state index in [1.165, 1.54) is 33.0 Å². The Hall–Kier alpha value is -2.15. The third-order valence-corrected chi connectivity index (χ3v) is 4.86. The first-order valence-electron chi connectivity index (χ1n) is 7.67. The van der Waals surface area contributed by atoms with Gasteiger partial charge < -0.3 is 0 Å². The van der Waals surface area contributed by atoms with E-state index in [-0.39, 0.29) is 5.92 Å². The summed E-state index contributed by atoms with van der Waals surface area (Å²) in [6.07, 6.45) is 7.41. The molecule has 1 nitrogen and oxygen atoms in total. The summed E-state index contributed by atoms with van der Waals surface area (Å²) in [7, 11) is 0. The quantitative estimate of drug-likeness (QED) is 0.736. The van der Waals surface area contributed by atoms with Gasteiger partial charge in [0.2, 0.25) is 0 Å². The zero-order chi connectivity index (χ0) is 14.4. The van der Waals surface area contributed by atoms with Gasteiger partial charge in [-0.05, 0) is 53.7 Å². The van der Waals surface area contributed by atoms with Crippen LogP contribution >= 0.6 is 0 Å². The van der Waals surface area contributed by atoms with Crippen LogP contribution in [0.4, 0.5) is 0 Å². The molecule has 0 aromatic heterocycles. The lowest BCUT2D eigenvalue weighted by atomic mass is 9.72. The number of ketones is 1. The number of carbonyl (C=O) groups is 1. The van der Waals surface area contributed by atoms with Gasteiger partial charge in [-0.15, -0.1) is 0 Å². The van der Waals surface area contributed by atoms with Crippen molar-refractivity contribution in [1.82, 2.24) is 0 Å². The van der Waals surface area contributed by atoms with E-state index in [0.717, 1.165) is 19.3 Å². The molecule has 1 unspecified atom stereocenters. The SMILES string of the molecule is CC(=O)C1Cc2c(ccc3ccccc23)C2=C1CCC=C2. The van der Waals surface area contributed by atoms with Gasteiger partial charge in [-0.3, -0.25) is 4.79 Å². The Morgan fingerprint density at radius 2 is 2.00 bits per heavy atom. The lowest BCUT2D eigenvalue weighted by Gasteiger charge is -2.31. The Balaban J connectivity index is 2.03. The number of hydrogen-bond acceptors (Lipinski definition) is 1. The highest BCUT2D eigenvalue weighted by molar-refractivity contribution is 5.97. The number of benzene rings is 2. The Bertz CT molecular complexity index is 808. The van der Waals surface area contributed by atoms with E-state index in [1.54, 1.807) is 6.92 Å². The predicted octanol–water partition coefficient (Wildman–Crippen LogP) is 4.70. The van der Waals surface area contributed by atoms with Crippen molar-refractivity contribution in [2.45, 2.75) is 26.2 Å². The maximum absolute atomic E-state index is 12.1. The molecule has 2 aromatic rings. The fraction of sp³-hybridized carbons (Fsp3) is 0.250. The topological polar surface area (TPSA) is 17.1 Å². The zero-order valence-electron chi connectivity index (χ0n) is 12.2. The minimum Gasteiger partial charge on any atom is -0.299 e. The normalized spacial score (nSPS) is 20.3. The van der Waals surface area contributed by atoms with Crippen LogP contribution in [-0.2, 0) is 11.2 Å². The summed E-state index contributed by atoms with van der Waals surface area (Å²) in [5, 5.41) is 2.56. The molecule has 0 aliphatic heterocycles. The predicted molar refractivity (Wildman–Crippen MR) is 87.1 cm³/mol. The Morgan fingerprint density at radius 3 is 2.86 bits per heavy atom. The molecule has 4 rings (SSSR count). The molecular weight excluding hydrogens is 256 g/mol. The van der Waals surface area contributed by atoms with Crippen LogP contribution in [0, 0.1) is 5.92 Å². The first-order valence-corrected chi connectivity index (χ1v) is 7.67. The van der Waals surface area contributed by atoms with Crippen LogP contribution in [0.25, 0.3) is 16.3 Å². The second-order valence-corrected chi connectivity index (χ2v) is 6.06. The summed E-state index contributed by atoms with van der Waals surface area (Å²) in [6.45, 7) is 1.74. The first kappa shape index (κ1) is 12.6. The van der Waals surface area contributed by atoms with Crippen molar-refractivity contribution < 1.29 is 4.79 Å². The number of hydrogen-bond donors (Lipinski definition) is 0. The van der Waals surface area contributed by atoms with Gasteiger partial charge in [0.25, 0.3) is 0 Å². The van der Waals surface area contributed by atoms with Crippen LogP contribution in [0.3, 0.4) is 0 Å². The third kappa shape index (κ3) is 1.88. The molecule has 0 heterocycles. The molecule has 0 saturated carbocycles. The lowest BCUT2D eigenvalue weighted by molar-refractivity contribution is -0.119. The second kappa shape index (κ2) is 4.70. The van der Waals surface area contributed by atoms with Crippen molar-refractivity contribution >= 4 is 22.1 Å². The van der Waals surface area contributed by atoms with E-state index < -0.39 is 0 Å². The molecule has 0 amide bonds. The molecule has 104 valence electrons. The van der Waals surface area contributed by atoms with Crippen molar-refractivity contribution in [2.24, 2.45) is 5.92 Å². The van der Waals surface area contributed by atoms with E-state index in [4.69, 9.17) is 0 Å². The van der Waals surface area contributed by atoms with E-state index >= 15 is 0 Å². The summed E-state index contributed by atoms with van der Waals surface area (Å²) in [6, 6.07) is 12.9. The number of Topliss-reactive ketones (excluding diaryl/α,β-unsaturated/α-hetero) is 1. The molecule has 21 heavy (non-hydrogen) atoms. The van der Waals surface area contributed by atoms with Crippen molar-refractivity contribution in [3.63, 3.8) is 0 Å². The standard InChI is InChI=1S/C20H18O/c1-13(21)19-12-20-15-7-3-2-6-14(15)10-11-18(20)16-8-4-5-9-17(16)19/h2-4,6-8,10-11,19H,5,9,12H2,1H3. The van der Waals surface area contributed by atoms with Gasteiger partial charge >= 0.3 is 0 Å². The lowest BCUT2D eigenvalue weighted by Crippen LogP contribution is -2.23. The molecule has 2 aliphatic carbocycles. The number of fused-ring (bicyclic) bond motifs is 4. The van der Waals surface area contributed by atoms with E-state index in [2.05, 4.69) is 48.6 Å². The maximum atomic E-state index is 12.1. The monoisotopic (exact) mass is 274 g/mol. The highest BCUT2D eigenvalue weighted by Gasteiger charge is 2.30. The fourth-order valence-electron chi connectivity index (χ4n) is 3.83. The van der Waals surface area contributed by atoms with Crippen molar-refractivity contribution in [1.29, 1.82) is 0 Å². The van der Waals surface area contributed by atoms with E-state index in [1.807, 2.05) is 0 Å². The smallest absolute Gasteiger partial charge is 0.137 e. The van der Waals surface area contributed by atoms with Gasteiger partial charge in [0.05, 0.1) is 0 Å². The minimum atomic E-state index is 0.0725. The molecule has 2 aromatic carbocycles. The van der Waals surface area contributed by atoms with Gasteiger partial charge in [-0.25, -0.2) is 0 Å².